The number of esters is 1. The minimum absolute atomic E-state index is 0.0106. The molecule has 2 rings (SSSR count). The van der Waals surface area contributed by atoms with Gasteiger partial charge in [0.15, 0.2) is 0 Å². The molecule has 0 aromatic heterocycles. The first kappa shape index (κ1) is 25.8. The molecule has 32 heavy (non-hydrogen) atoms. The second-order valence-electron chi connectivity index (χ2n) is 9.83. The number of piperidine rings is 1. The van der Waals surface area contributed by atoms with E-state index in [-0.39, 0.29) is 22.6 Å². The number of anilines is 1. The fourth-order valence-corrected chi connectivity index (χ4v) is 3.94. The molecular weight excluding hydrogens is 425 g/mol. The first-order valence-corrected chi connectivity index (χ1v) is 10.7. The number of benzene rings is 1. The van der Waals surface area contributed by atoms with Crippen LogP contribution in [0.4, 0.5) is 23.7 Å². The van der Waals surface area contributed by atoms with Gasteiger partial charge >= 0.3 is 18.2 Å². The van der Waals surface area contributed by atoms with Crippen molar-refractivity contribution in [1.29, 1.82) is 0 Å². The van der Waals surface area contributed by atoms with Gasteiger partial charge in [0.2, 0.25) is 0 Å². The highest BCUT2D eigenvalue weighted by molar-refractivity contribution is 5.91. The fraction of sp³-hybridized carbons (Fsp3) is 0.652. The first-order valence-electron chi connectivity index (χ1n) is 10.7. The van der Waals surface area contributed by atoms with Crippen LogP contribution in [0.5, 0.6) is 0 Å². The van der Waals surface area contributed by atoms with Gasteiger partial charge in [-0.3, -0.25) is 0 Å². The number of halogens is 3. The first-order chi connectivity index (χ1) is 14.6. The summed E-state index contributed by atoms with van der Waals surface area (Å²) in [6.45, 7) is 10.7. The van der Waals surface area contributed by atoms with E-state index in [0.717, 1.165) is 12.1 Å². The number of methoxy groups -OCH3 is 1. The maximum Gasteiger partial charge on any atom is 0.418 e. The second kappa shape index (κ2) is 9.58. The van der Waals surface area contributed by atoms with Crippen LogP contribution in [0.3, 0.4) is 0 Å². The van der Waals surface area contributed by atoms with E-state index in [1.807, 2.05) is 13.8 Å². The van der Waals surface area contributed by atoms with Crippen LogP contribution in [-0.4, -0.2) is 44.4 Å². The van der Waals surface area contributed by atoms with Crippen molar-refractivity contribution >= 4 is 17.7 Å². The fourth-order valence-electron chi connectivity index (χ4n) is 3.94. The number of alkyl halides is 3. The Labute approximate surface area is 187 Å². The number of hydrogen-bond donors (Lipinski definition) is 1. The lowest BCUT2D eigenvalue weighted by Crippen LogP contribution is -2.45. The summed E-state index contributed by atoms with van der Waals surface area (Å²) in [6, 6.07) is 3.32. The van der Waals surface area contributed by atoms with Gasteiger partial charge in [-0.25, -0.2) is 9.59 Å². The predicted molar refractivity (Wildman–Crippen MR) is 116 cm³/mol. The molecular formula is C23H33F3N2O4. The smallest absolute Gasteiger partial charge is 0.418 e. The lowest BCUT2D eigenvalue weighted by Gasteiger charge is -2.42. The summed E-state index contributed by atoms with van der Waals surface area (Å²) in [4.78, 5) is 25.5. The lowest BCUT2D eigenvalue weighted by atomic mass is 9.73. The van der Waals surface area contributed by atoms with Gasteiger partial charge < -0.3 is 19.7 Å². The van der Waals surface area contributed by atoms with Crippen molar-refractivity contribution in [3.8, 4) is 0 Å². The highest BCUT2D eigenvalue weighted by atomic mass is 19.4. The summed E-state index contributed by atoms with van der Waals surface area (Å²) in [5.74, 6) is -0.476. The third-order valence-corrected chi connectivity index (χ3v) is 5.75. The molecule has 1 fully saturated rings. The molecule has 0 spiro atoms. The van der Waals surface area contributed by atoms with Gasteiger partial charge in [-0.2, -0.15) is 13.2 Å². The van der Waals surface area contributed by atoms with E-state index >= 15 is 0 Å². The Morgan fingerprint density at radius 2 is 1.69 bits per heavy atom. The van der Waals surface area contributed by atoms with E-state index < -0.39 is 29.4 Å². The standard InChI is InChI=1S/C23H33F3N2O4/c1-21(2,3)32-20(30)27-14-22(4,5)16-9-11-28(12-10-16)18-13-15(19(29)31-6)7-8-17(18)23(24,25)26/h7-8,13,16H,9-12,14H2,1-6H3,(H,27,30). The van der Waals surface area contributed by atoms with E-state index in [1.165, 1.54) is 13.2 Å². The molecule has 1 aliphatic heterocycles. The number of carbonyl (C=O) groups is 2. The molecule has 0 aliphatic carbocycles. The number of alkyl carbamates (subject to hydrolysis) is 1. The van der Waals surface area contributed by atoms with Gasteiger partial charge in [0.25, 0.3) is 0 Å². The zero-order chi connectivity index (χ0) is 24.3. The predicted octanol–water partition coefficient (Wildman–Crippen LogP) is 5.26. The molecule has 1 aromatic rings. The number of nitrogens with one attached hydrogen (secondary N) is 1. The third-order valence-electron chi connectivity index (χ3n) is 5.75. The molecule has 1 heterocycles. The molecule has 1 saturated heterocycles. The van der Waals surface area contributed by atoms with Crippen LogP contribution in [0.1, 0.15) is 63.4 Å². The average molecular weight is 459 g/mol. The van der Waals surface area contributed by atoms with Crippen molar-refractivity contribution in [1.82, 2.24) is 5.32 Å². The average Bonchev–Trinajstić information content (AvgIpc) is 2.69. The third kappa shape index (κ3) is 6.77. The monoisotopic (exact) mass is 458 g/mol. The van der Waals surface area contributed by atoms with Crippen LogP contribution >= 0.6 is 0 Å². The van der Waals surface area contributed by atoms with Crippen LogP contribution in [0, 0.1) is 11.3 Å². The number of hydrogen-bond acceptors (Lipinski definition) is 5. The molecule has 0 unspecified atom stereocenters. The highest BCUT2D eigenvalue weighted by Gasteiger charge is 2.38. The van der Waals surface area contributed by atoms with Crippen molar-refractivity contribution < 1.29 is 32.2 Å². The number of carbonyl (C=O) groups excluding carboxylic acids is 2. The summed E-state index contributed by atoms with van der Waals surface area (Å²) in [6.07, 6.45) is -3.71. The maximum atomic E-state index is 13.6. The van der Waals surface area contributed by atoms with Gasteiger partial charge in [0.1, 0.15) is 5.60 Å². The summed E-state index contributed by atoms with van der Waals surface area (Å²) < 4.78 is 50.7. The van der Waals surface area contributed by atoms with E-state index in [9.17, 15) is 22.8 Å². The van der Waals surface area contributed by atoms with E-state index in [1.54, 1.807) is 25.7 Å². The molecule has 1 aromatic carbocycles. The minimum atomic E-state index is -4.53. The van der Waals surface area contributed by atoms with Gasteiger partial charge in [-0.05, 0) is 63.1 Å². The zero-order valence-electron chi connectivity index (χ0n) is 19.6. The Bertz CT molecular complexity index is 824. The summed E-state index contributed by atoms with van der Waals surface area (Å²) in [7, 11) is 1.19. The number of nitrogens with zero attached hydrogens (tertiary/aromatic N) is 1. The Balaban J connectivity index is 2.09. The van der Waals surface area contributed by atoms with Crippen LogP contribution in [0.25, 0.3) is 0 Å². The highest BCUT2D eigenvalue weighted by Crippen LogP contribution is 2.41. The van der Waals surface area contributed by atoms with Crippen LogP contribution in [-0.2, 0) is 15.7 Å². The Morgan fingerprint density at radius 3 is 2.19 bits per heavy atom. The number of rotatable bonds is 5. The van der Waals surface area contributed by atoms with E-state index in [4.69, 9.17) is 4.74 Å². The van der Waals surface area contributed by atoms with Gasteiger partial charge in [-0.1, -0.05) is 13.8 Å². The molecule has 1 N–H and O–H groups in total. The minimum Gasteiger partial charge on any atom is -0.465 e. The molecule has 0 bridgehead atoms. The summed E-state index contributed by atoms with van der Waals surface area (Å²) in [5.41, 5.74) is -1.55. The Morgan fingerprint density at radius 1 is 1.09 bits per heavy atom. The van der Waals surface area contributed by atoms with Crippen molar-refractivity contribution in [3.05, 3.63) is 29.3 Å². The summed E-state index contributed by atoms with van der Waals surface area (Å²) in [5, 5.41) is 2.80. The molecule has 0 saturated carbocycles. The SMILES string of the molecule is COC(=O)c1ccc(C(F)(F)F)c(N2CCC(C(C)(C)CNC(=O)OC(C)(C)C)CC2)c1. The summed E-state index contributed by atoms with van der Waals surface area (Å²) >= 11 is 0. The van der Waals surface area contributed by atoms with Crippen LogP contribution in [0.2, 0.25) is 0 Å². The quantitative estimate of drug-likeness (QED) is 0.610. The topological polar surface area (TPSA) is 67.9 Å². The molecule has 1 amide bonds. The van der Waals surface area contributed by atoms with E-state index in [2.05, 4.69) is 10.1 Å². The number of amides is 1. The molecule has 9 heteroatoms. The molecule has 6 nitrogen and oxygen atoms in total. The Kier molecular flexibility index (Phi) is 7.73. The lowest BCUT2D eigenvalue weighted by molar-refractivity contribution is -0.137. The van der Waals surface area contributed by atoms with Gasteiger partial charge in [-0.15, -0.1) is 0 Å². The maximum absolute atomic E-state index is 13.6. The molecule has 180 valence electrons. The van der Waals surface area contributed by atoms with Gasteiger partial charge in [0, 0.05) is 25.3 Å². The molecule has 0 atom stereocenters. The second-order valence-corrected chi connectivity index (χ2v) is 9.83. The Hall–Kier alpha value is -2.45. The van der Waals surface area contributed by atoms with Crippen molar-refractivity contribution in [3.63, 3.8) is 0 Å². The van der Waals surface area contributed by atoms with Gasteiger partial charge in [0.05, 0.1) is 18.2 Å². The largest absolute Gasteiger partial charge is 0.465 e. The van der Waals surface area contributed by atoms with E-state index in [0.29, 0.717) is 32.5 Å². The van der Waals surface area contributed by atoms with Crippen molar-refractivity contribution in [2.75, 3.05) is 31.6 Å². The van der Waals surface area contributed by atoms with Crippen LogP contribution in [0.15, 0.2) is 18.2 Å². The normalized spacial score (nSPS) is 16.0. The van der Waals surface area contributed by atoms with Crippen molar-refractivity contribution in [2.45, 2.75) is 59.2 Å². The van der Waals surface area contributed by atoms with Crippen LogP contribution < -0.4 is 10.2 Å². The molecule has 1 aliphatic rings. The molecule has 0 radical (unpaired) electrons. The number of ether oxygens (including phenoxy) is 2. The van der Waals surface area contributed by atoms with Crippen molar-refractivity contribution in [2.24, 2.45) is 11.3 Å². The zero-order valence-corrected chi connectivity index (χ0v) is 19.6.